The Bertz CT molecular complexity index is 641. The van der Waals surface area contributed by atoms with Crippen molar-refractivity contribution in [2.45, 2.75) is 25.3 Å². The van der Waals surface area contributed by atoms with E-state index in [4.69, 9.17) is 4.74 Å². The lowest BCUT2D eigenvalue weighted by molar-refractivity contribution is 0.252. The van der Waals surface area contributed by atoms with Crippen LogP contribution in [0.2, 0.25) is 0 Å². The summed E-state index contributed by atoms with van der Waals surface area (Å²) in [7, 11) is 0. The van der Waals surface area contributed by atoms with E-state index >= 15 is 0 Å². The topological polar surface area (TPSA) is 59.1 Å². The molecule has 6 heteroatoms. The van der Waals surface area contributed by atoms with Gasteiger partial charge in [-0.2, -0.15) is 0 Å². The van der Waals surface area contributed by atoms with Crippen LogP contribution in [0, 0.1) is 5.92 Å². The van der Waals surface area contributed by atoms with E-state index in [0.717, 1.165) is 29.9 Å². The fraction of sp³-hybridized carbons (Fsp3) is 0.500. The number of halogens is 1. The molecule has 2 fully saturated rings. The van der Waals surface area contributed by atoms with Crippen LogP contribution in [0.3, 0.4) is 0 Å². The number of hydrogen-bond acceptors (Lipinski definition) is 5. The average Bonchev–Trinajstić information content (AvgIpc) is 3.17. The molecule has 1 saturated carbocycles. The van der Waals surface area contributed by atoms with E-state index in [1.165, 1.54) is 19.3 Å². The van der Waals surface area contributed by atoms with E-state index in [0.29, 0.717) is 24.4 Å². The van der Waals surface area contributed by atoms with E-state index < -0.39 is 0 Å². The Balaban J connectivity index is 0.00000144. The molecule has 2 heterocycles. The van der Waals surface area contributed by atoms with Crippen molar-refractivity contribution in [1.82, 2.24) is 15.3 Å². The van der Waals surface area contributed by atoms with Gasteiger partial charge in [0.15, 0.2) is 5.82 Å². The predicted octanol–water partition coefficient (Wildman–Crippen LogP) is 2.61. The van der Waals surface area contributed by atoms with Crippen LogP contribution < -0.4 is 15.4 Å². The third kappa shape index (κ3) is 3.42. The number of hydrogen-bond donors (Lipinski definition) is 2. The fourth-order valence-electron chi connectivity index (χ4n) is 2.65. The molecule has 1 aliphatic heterocycles. The summed E-state index contributed by atoms with van der Waals surface area (Å²) in [5, 5.41) is 6.80. The highest BCUT2D eigenvalue weighted by atomic mass is 35.5. The maximum Gasteiger partial charge on any atom is 0.258 e. The van der Waals surface area contributed by atoms with Gasteiger partial charge in [-0.3, -0.25) is 0 Å². The number of rotatable bonds is 5. The molecule has 5 nitrogen and oxygen atoms in total. The zero-order chi connectivity index (χ0) is 14.1. The Hall–Kier alpha value is -1.59. The van der Waals surface area contributed by atoms with Crippen molar-refractivity contribution in [3.8, 4) is 5.88 Å². The van der Waals surface area contributed by atoms with Gasteiger partial charge >= 0.3 is 0 Å². The molecule has 118 valence electrons. The second-order valence-electron chi connectivity index (χ2n) is 5.95. The summed E-state index contributed by atoms with van der Waals surface area (Å²) in [5.74, 6) is 2.02. The summed E-state index contributed by atoms with van der Waals surface area (Å²) in [6.07, 6.45) is 3.59. The Morgan fingerprint density at radius 2 is 1.91 bits per heavy atom. The minimum Gasteiger partial charge on any atom is -0.475 e. The Kier molecular flexibility index (Phi) is 4.64. The number of fused-ring (bicyclic) bond motifs is 1. The molecule has 1 atom stereocenters. The number of aromatic nitrogens is 2. The predicted molar refractivity (Wildman–Crippen MR) is 89.9 cm³/mol. The maximum absolute atomic E-state index is 5.98. The lowest BCUT2D eigenvalue weighted by Gasteiger charge is -2.14. The third-order valence-electron chi connectivity index (χ3n) is 4.07. The first-order valence-electron chi connectivity index (χ1n) is 7.75. The number of anilines is 1. The van der Waals surface area contributed by atoms with Crippen molar-refractivity contribution in [2.24, 2.45) is 5.92 Å². The Labute approximate surface area is 136 Å². The van der Waals surface area contributed by atoms with Gasteiger partial charge in [0.05, 0.1) is 17.6 Å². The quantitative estimate of drug-likeness (QED) is 0.887. The summed E-state index contributed by atoms with van der Waals surface area (Å²) in [6.45, 7) is 2.83. The van der Waals surface area contributed by atoms with Gasteiger partial charge in [0.2, 0.25) is 0 Å². The van der Waals surface area contributed by atoms with Crippen molar-refractivity contribution in [1.29, 1.82) is 0 Å². The molecule has 1 saturated heterocycles. The minimum atomic E-state index is 0. The van der Waals surface area contributed by atoms with Gasteiger partial charge in [0, 0.05) is 18.5 Å². The molecular formula is C16H21ClN4O. The van der Waals surface area contributed by atoms with Crippen molar-refractivity contribution in [3.05, 3.63) is 24.3 Å². The molecule has 0 bridgehead atoms. The molecule has 1 unspecified atom stereocenters. The summed E-state index contributed by atoms with van der Waals surface area (Å²) >= 11 is 0. The van der Waals surface area contributed by atoms with E-state index in [-0.39, 0.29) is 12.4 Å². The first-order valence-corrected chi connectivity index (χ1v) is 7.75. The van der Waals surface area contributed by atoms with Crippen molar-refractivity contribution in [3.63, 3.8) is 0 Å². The second kappa shape index (κ2) is 6.67. The number of ether oxygens (including phenoxy) is 1. The molecule has 4 rings (SSSR count). The largest absolute Gasteiger partial charge is 0.475 e. The monoisotopic (exact) mass is 320 g/mol. The standard InChI is InChI=1S/C16H20N4O.ClH/c1-2-4-14-13(3-1)19-15(18-12-5-6-12)16(20-14)21-10-11-7-8-17-9-11;/h1-4,11-12,17H,5-10H2,(H,18,19);1H. The van der Waals surface area contributed by atoms with Crippen molar-refractivity contribution < 1.29 is 4.74 Å². The highest BCUT2D eigenvalue weighted by Crippen LogP contribution is 2.30. The first kappa shape index (κ1) is 15.3. The van der Waals surface area contributed by atoms with E-state index in [2.05, 4.69) is 20.6 Å². The number of nitrogens with zero attached hydrogens (tertiary/aromatic N) is 2. The number of para-hydroxylation sites is 2. The van der Waals surface area contributed by atoms with Gasteiger partial charge in [-0.1, -0.05) is 12.1 Å². The smallest absolute Gasteiger partial charge is 0.258 e. The Morgan fingerprint density at radius 3 is 2.59 bits per heavy atom. The third-order valence-corrected chi connectivity index (χ3v) is 4.07. The number of nitrogens with one attached hydrogen (secondary N) is 2. The van der Waals surface area contributed by atoms with Crippen LogP contribution in [0.5, 0.6) is 5.88 Å². The molecule has 2 aliphatic rings. The zero-order valence-electron chi connectivity index (χ0n) is 12.4. The van der Waals surface area contributed by atoms with Crippen LogP contribution >= 0.6 is 12.4 Å². The minimum absolute atomic E-state index is 0. The number of benzene rings is 1. The molecule has 1 aromatic carbocycles. The average molecular weight is 321 g/mol. The lowest BCUT2D eigenvalue weighted by Crippen LogP contribution is -2.17. The summed E-state index contributed by atoms with van der Waals surface area (Å²) in [4.78, 5) is 9.34. The Morgan fingerprint density at radius 1 is 1.14 bits per heavy atom. The highest BCUT2D eigenvalue weighted by Gasteiger charge is 2.24. The lowest BCUT2D eigenvalue weighted by atomic mass is 10.1. The summed E-state index contributed by atoms with van der Waals surface area (Å²) in [5.41, 5.74) is 1.80. The fourth-order valence-corrected chi connectivity index (χ4v) is 2.65. The SMILES string of the molecule is Cl.c1ccc2nc(OCC3CCNC3)c(NC3CC3)nc2c1. The molecule has 1 aliphatic carbocycles. The first-order chi connectivity index (χ1) is 10.4. The molecule has 0 spiro atoms. The van der Waals surface area contributed by atoms with Gasteiger partial charge in [0.1, 0.15) is 0 Å². The van der Waals surface area contributed by atoms with Crippen molar-refractivity contribution >= 4 is 29.3 Å². The maximum atomic E-state index is 5.98. The van der Waals surface area contributed by atoms with Gasteiger partial charge < -0.3 is 15.4 Å². The zero-order valence-corrected chi connectivity index (χ0v) is 13.2. The molecule has 0 radical (unpaired) electrons. The van der Waals surface area contributed by atoms with Crippen LogP contribution in [-0.4, -0.2) is 35.7 Å². The summed E-state index contributed by atoms with van der Waals surface area (Å²) in [6, 6.07) is 8.48. The van der Waals surface area contributed by atoms with Crippen LogP contribution in [0.25, 0.3) is 11.0 Å². The summed E-state index contributed by atoms with van der Waals surface area (Å²) < 4.78 is 5.98. The van der Waals surface area contributed by atoms with E-state index in [1.807, 2.05) is 24.3 Å². The highest BCUT2D eigenvalue weighted by molar-refractivity contribution is 5.85. The molecule has 22 heavy (non-hydrogen) atoms. The molecule has 0 amide bonds. The van der Waals surface area contributed by atoms with E-state index in [9.17, 15) is 0 Å². The second-order valence-corrected chi connectivity index (χ2v) is 5.95. The van der Waals surface area contributed by atoms with Gasteiger partial charge in [-0.15, -0.1) is 12.4 Å². The molecular weight excluding hydrogens is 300 g/mol. The van der Waals surface area contributed by atoms with Gasteiger partial charge in [0.25, 0.3) is 5.88 Å². The van der Waals surface area contributed by atoms with Crippen LogP contribution in [-0.2, 0) is 0 Å². The molecule has 2 N–H and O–H groups in total. The molecule has 1 aromatic heterocycles. The van der Waals surface area contributed by atoms with E-state index in [1.54, 1.807) is 0 Å². The van der Waals surface area contributed by atoms with Crippen molar-refractivity contribution in [2.75, 3.05) is 25.0 Å². The van der Waals surface area contributed by atoms with Gasteiger partial charge in [-0.25, -0.2) is 9.97 Å². The van der Waals surface area contributed by atoms with Crippen LogP contribution in [0.4, 0.5) is 5.82 Å². The molecule has 2 aromatic rings. The van der Waals surface area contributed by atoms with Gasteiger partial charge in [-0.05, 0) is 37.9 Å². The van der Waals surface area contributed by atoms with Crippen LogP contribution in [0.15, 0.2) is 24.3 Å². The normalized spacial score (nSPS) is 20.6. The van der Waals surface area contributed by atoms with Crippen LogP contribution in [0.1, 0.15) is 19.3 Å².